The van der Waals surface area contributed by atoms with Crippen LogP contribution in [0.3, 0.4) is 0 Å². The van der Waals surface area contributed by atoms with Crippen molar-refractivity contribution in [3.63, 3.8) is 0 Å². The molecule has 0 aliphatic heterocycles. The molecule has 0 aliphatic rings. The molecule has 0 unspecified atom stereocenters. The Bertz CT molecular complexity index is 569. The van der Waals surface area contributed by atoms with Gasteiger partial charge in [-0.3, -0.25) is 9.48 Å². The van der Waals surface area contributed by atoms with Gasteiger partial charge in [-0.25, -0.2) is 4.98 Å². The van der Waals surface area contributed by atoms with Crippen LogP contribution >= 0.6 is 0 Å². The number of anilines is 2. The average Bonchev–Trinajstić information content (AvgIpc) is 2.53. The summed E-state index contributed by atoms with van der Waals surface area (Å²) in [6.07, 6.45) is 5.00. The van der Waals surface area contributed by atoms with E-state index >= 15 is 0 Å². The van der Waals surface area contributed by atoms with E-state index in [1.165, 1.54) is 4.57 Å². The maximum absolute atomic E-state index is 11.7. The molecule has 0 aromatic carbocycles. The standard InChI is InChI=1S/C10H13N5O/c1-7-8(6-15(3)13-7)12-9-10(16)14(2)5-4-11-9/h4-6H,1-3H3,(H,11,12). The molecule has 0 saturated heterocycles. The second kappa shape index (κ2) is 3.80. The molecule has 2 heterocycles. The van der Waals surface area contributed by atoms with Gasteiger partial charge in [0.05, 0.1) is 11.4 Å². The van der Waals surface area contributed by atoms with E-state index in [1.54, 1.807) is 24.1 Å². The quantitative estimate of drug-likeness (QED) is 0.801. The van der Waals surface area contributed by atoms with Crippen molar-refractivity contribution in [3.8, 4) is 0 Å². The topological polar surface area (TPSA) is 64.7 Å². The van der Waals surface area contributed by atoms with Gasteiger partial charge in [-0.1, -0.05) is 0 Å². The second-order valence-corrected chi connectivity index (χ2v) is 3.62. The van der Waals surface area contributed by atoms with Crippen molar-refractivity contribution >= 4 is 11.5 Å². The highest BCUT2D eigenvalue weighted by Crippen LogP contribution is 2.14. The molecular formula is C10H13N5O. The summed E-state index contributed by atoms with van der Waals surface area (Å²) in [5, 5.41) is 7.15. The lowest BCUT2D eigenvalue weighted by molar-refractivity contribution is 0.756. The Labute approximate surface area is 92.6 Å². The zero-order chi connectivity index (χ0) is 11.7. The van der Waals surface area contributed by atoms with Crippen LogP contribution in [-0.2, 0) is 14.1 Å². The molecule has 0 aliphatic carbocycles. The molecule has 0 amide bonds. The third kappa shape index (κ3) is 1.81. The van der Waals surface area contributed by atoms with E-state index in [1.807, 2.05) is 20.2 Å². The van der Waals surface area contributed by atoms with Crippen LogP contribution in [0.5, 0.6) is 0 Å². The van der Waals surface area contributed by atoms with Gasteiger partial charge in [-0.2, -0.15) is 5.10 Å². The molecule has 0 radical (unpaired) electrons. The van der Waals surface area contributed by atoms with Crippen LogP contribution in [0.15, 0.2) is 23.4 Å². The number of nitrogens with zero attached hydrogens (tertiary/aromatic N) is 4. The van der Waals surface area contributed by atoms with Crippen LogP contribution in [0.25, 0.3) is 0 Å². The van der Waals surface area contributed by atoms with Crippen LogP contribution in [0.1, 0.15) is 5.69 Å². The number of hydrogen-bond donors (Lipinski definition) is 1. The second-order valence-electron chi connectivity index (χ2n) is 3.62. The fourth-order valence-corrected chi connectivity index (χ4v) is 1.43. The molecule has 0 fully saturated rings. The SMILES string of the molecule is Cc1nn(C)cc1Nc1nccn(C)c1=O. The Morgan fingerprint density at radius 3 is 2.75 bits per heavy atom. The lowest BCUT2D eigenvalue weighted by atomic mass is 10.4. The zero-order valence-electron chi connectivity index (χ0n) is 9.43. The number of aryl methyl sites for hydroxylation is 3. The molecule has 6 nitrogen and oxygen atoms in total. The monoisotopic (exact) mass is 219 g/mol. The molecule has 84 valence electrons. The average molecular weight is 219 g/mol. The van der Waals surface area contributed by atoms with Crippen molar-refractivity contribution < 1.29 is 0 Å². The first-order chi connectivity index (χ1) is 7.58. The fraction of sp³-hybridized carbons (Fsp3) is 0.300. The van der Waals surface area contributed by atoms with Gasteiger partial charge in [0.25, 0.3) is 5.56 Å². The third-order valence-corrected chi connectivity index (χ3v) is 2.28. The lowest BCUT2D eigenvalue weighted by Crippen LogP contribution is -2.20. The first kappa shape index (κ1) is 10.4. The minimum Gasteiger partial charge on any atom is -0.333 e. The van der Waals surface area contributed by atoms with Gasteiger partial charge < -0.3 is 9.88 Å². The van der Waals surface area contributed by atoms with Gasteiger partial charge in [-0.05, 0) is 6.92 Å². The van der Waals surface area contributed by atoms with E-state index in [9.17, 15) is 4.79 Å². The largest absolute Gasteiger partial charge is 0.333 e. The van der Waals surface area contributed by atoms with Crippen molar-refractivity contribution in [1.29, 1.82) is 0 Å². The first-order valence-corrected chi connectivity index (χ1v) is 4.87. The summed E-state index contributed by atoms with van der Waals surface area (Å²) < 4.78 is 3.16. The van der Waals surface area contributed by atoms with Crippen LogP contribution in [0, 0.1) is 6.92 Å². The molecule has 0 atom stereocenters. The Morgan fingerprint density at radius 2 is 2.12 bits per heavy atom. The van der Waals surface area contributed by atoms with Crippen LogP contribution in [0.2, 0.25) is 0 Å². The summed E-state index contributed by atoms with van der Waals surface area (Å²) in [6, 6.07) is 0. The Kier molecular flexibility index (Phi) is 2.47. The normalized spacial score (nSPS) is 10.4. The predicted octanol–water partition coefficient (Wildman–Crippen LogP) is 0.566. The predicted molar refractivity (Wildman–Crippen MR) is 60.7 cm³/mol. The highest BCUT2D eigenvalue weighted by molar-refractivity contribution is 5.56. The van der Waals surface area contributed by atoms with Crippen LogP contribution < -0.4 is 10.9 Å². The molecule has 0 spiro atoms. The number of nitrogens with one attached hydrogen (secondary N) is 1. The van der Waals surface area contributed by atoms with Gasteiger partial charge in [-0.15, -0.1) is 0 Å². The highest BCUT2D eigenvalue weighted by atomic mass is 16.1. The van der Waals surface area contributed by atoms with Gasteiger partial charge in [0.2, 0.25) is 0 Å². The van der Waals surface area contributed by atoms with Gasteiger partial charge in [0.15, 0.2) is 5.82 Å². The first-order valence-electron chi connectivity index (χ1n) is 4.87. The molecule has 2 aromatic heterocycles. The molecule has 2 rings (SSSR count). The summed E-state index contributed by atoms with van der Waals surface area (Å²) in [5.41, 5.74) is 1.46. The minimum atomic E-state index is -0.161. The van der Waals surface area contributed by atoms with Gasteiger partial charge in [0.1, 0.15) is 0 Å². The Morgan fingerprint density at radius 1 is 1.38 bits per heavy atom. The number of hydrogen-bond acceptors (Lipinski definition) is 4. The Hall–Kier alpha value is -2.11. The van der Waals surface area contributed by atoms with E-state index < -0.39 is 0 Å². The summed E-state index contributed by atoms with van der Waals surface area (Å²) in [6.45, 7) is 1.87. The maximum Gasteiger partial charge on any atom is 0.293 e. The van der Waals surface area contributed by atoms with E-state index in [4.69, 9.17) is 0 Å². The molecule has 1 N–H and O–H groups in total. The maximum atomic E-state index is 11.7. The third-order valence-electron chi connectivity index (χ3n) is 2.28. The summed E-state index contributed by atoms with van der Waals surface area (Å²) in [7, 11) is 3.51. The van der Waals surface area contributed by atoms with Crippen molar-refractivity contribution in [3.05, 3.63) is 34.6 Å². The minimum absolute atomic E-state index is 0.161. The molecule has 0 saturated carbocycles. The molecule has 6 heteroatoms. The van der Waals surface area contributed by atoms with E-state index in [0.29, 0.717) is 5.82 Å². The van der Waals surface area contributed by atoms with Crippen molar-refractivity contribution in [1.82, 2.24) is 19.3 Å². The van der Waals surface area contributed by atoms with Crippen LogP contribution in [0.4, 0.5) is 11.5 Å². The summed E-state index contributed by atoms with van der Waals surface area (Å²) in [4.78, 5) is 15.7. The summed E-state index contributed by atoms with van der Waals surface area (Å²) in [5.74, 6) is 0.307. The molecule has 16 heavy (non-hydrogen) atoms. The molecular weight excluding hydrogens is 206 g/mol. The van der Waals surface area contributed by atoms with E-state index in [2.05, 4.69) is 15.4 Å². The van der Waals surface area contributed by atoms with Crippen molar-refractivity contribution in [2.75, 3.05) is 5.32 Å². The van der Waals surface area contributed by atoms with Crippen molar-refractivity contribution in [2.45, 2.75) is 6.92 Å². The van der Waals surface area contributed by atoms with Gasteiger partial charge >= 0.3 is 0 Å². The van der Waals surface area contributed by atoms with E-state index in [0.717, 1.165) is 11.4 Å². The fourth-order valence-electron chi connectivity index (χ4n) is 1.43. The number of rotatable bonds is 2. The van der Waals surface area contributed by atoms with Crippen molar-refractivity contribution in [2.24, 2.45) is 14.1 Å². The summed E-state index contributed by atoms with van der Waals surface area (Å²) >= 11 is 0. The van der Waals surface area contributed by atoms with Gasteiger partial charge in [0, 0.05) is 32.7 Å². The zero-order valence-corrected chi connectivity index (χ0v) is 9.43. The smallest absolute Gasteiger partial charge is 0.293 e. The van der Waals surface area contributed by atoms with E-state index in [-0.39, 0.29) is 5.56 Å². The lowest BCUT2D eigenvalue weighted by Gasteiger charge is -2.03. The Balaban J connectivity index is 2.38. The number of aromatic nitrogens is 4. The highest BCUT2D eigenvalue weighted by Gasteiger charge is 2.07. The molecule has 2 aromatic rings. The van der Waals surface area contributed by atoms with Crippen LogP contribution in [-0.4, -0.2) is 19.3 Å². The molecule has 0 bridgehead atoms.